The third kappa shape index (κ3) is 3.60. The van der Waals surface area contributed by atoms with Crippen molar-refractivity contribution in [3.8, 4) is 0 Å². The van der Waals surface area contributed by atoms with E-state index in [0.29, 0.717) is 6.54 Å². The number of hydrogen-bond acceptors (Lipinski definition) is 5. The molecule has 0 radical (unpaired) electrons. The molecule has 5 nitrogen and oxygen atoms in total. The van der Waals surface area contributed by atoms with Crippen LogP contribution in [0.25, 0.3) is 0 Å². The molecule has 19 heavy (non-hydrogen) atoms. The molecular weight excluding hydrogens is 286 g/mol. The highest BCUT2D eigenvalue weighted by Gasteiger charge is 2.30. The maximum atomic E-state index is 11.2. The molecule has 3 N–H and O–H groups in total. The highest BCUT2D eigenvalue weighted by atomic mass is 35.5. The summed E-state index contributed by atoms with van der Waals surface area (Å²) in [7, 11) is 1.37. The van der Waals surface area contributed by atoms with Gasteiger partial charge in [0.25, 0.3) is 0 Å². The van der Waals surface area contributed by atoms with Crippen LogP contribution in [0.2, 0.25) is 4.34 Å². The quantitative estimate of drug-likeness (QED) is 0.890. The average molecular weight is 304 g/mol. The first-order valence-corrected chi connectivity index (χ1v) is 7.37. The Labute approximate surface area is 121 Å². The molecule has 1 fully saturated rings. The Morgan fingerprint density at radius 3 is 3.11 bits per heavy atom. The number of nitrogens with zero attached hydrogens (tertiary/aromatic N) is 1. The largest absolute Gasteiger partial charge is 0.453 e. The number of rotatable bonds is 4. The highest BCUT2D eigenvalue weighted by Crippen LogP contribution is 2.31. The molecule has 1 aromatic rings. The summed E-state index contributed by atoms with van der Waals surface area (Å²) in [6, 6.07) is 4.20. The van der Waals surface area contributed by atoms with E-state index < -0.39 is 0 Å². The Bertz CT molecular complexity index is 440. The summed E-state index contributed by atoms with van der Waals surface area (Å²) in [5.74, 6) is 0. The molecule has 7 heteroatoms. The Morgan fingerprint density at radius 1 is 1.74 bits per heavy atom. The van der Waals surface area contributed by atoms with Gasteiger partial charge in [0, 0.05) is 30.6 Å². The summed E-state index contributed by atoms with van der Waals surface area (Å²) in [5.41, 5.74) is 5.88. The predicted molar refractivity (Wildman–Crippen MR) is 76.6 cm³/mol. The number of carbonyl (C=O) groups excluding carboxylic acids is 1. The summed E-state index contributed by atoms with van der Waals surface area (Å²) in [6.07, 6.45) is 0.528. The van der Waals surface area contributed by atoms with Crippen LogP contribution >= 0.6 is 22.9 Å². The van der Waals surface area contributed by atoms with Crippen molar-refractivity contribution in [3.63, 3.8) is 0 Å². The Hall–Kier alpha value is -0.820. The molecule has 0 bridgehead atoms. The molecule has 2 heterocycles. The molecule has 0 spiro atoms. The van der Waals surface area contributed by atoms with Crippen molar-refractivity contribution in [1.29, 1.82) is 0 Å². The van der Waals surface area contributed by atoms with Crippen LogP contribution in [0.4, 0.5) is 4.79 Å². The van der Waals surface area contributed by atoms with Gasteiger partial charge in [0.1, 0.15) is 0 Å². The molecule has 0 aromatic carbocycles. The maximum Gasteiger partial charge on any atom is 0.407 e. The maximum absolute atomic E-state index is 11.2. The normalized spacial score (nSPS) is 21.3. The summed E-state index contributed by atoms with van der Waals surface area (Å²) >= 11 is 7.53. The monoisotopic (exact) mass is 303 g/mol. The number of methoxy groups -OCH3 is 1. The molecule has 1 aliphatic heterocycles. The zero-order chi connectivity index (χ0) is 13.8. The predicted octanol–water partition coefficient (Wildman–Crippen LogP) is 1.83. The van der Waals surface area contributed by atoms with Crippen molar-refractivity contribution in [2.45, 2.75) is 18.5 Å². The van der Waals surface area contributed by atoms with Crippen LogP contribution in [-0.4, -0.2) is 43.8 Å². The number of ether oxygens (including phenoxy) is 1. The van der Waals surface area contributed by atoms with Gasteiger partial charge in [-0.25, -0.2) is 4.79 Å². The van der Waals surface area contributed by atoms with Crippen LogP contribution < -0.4 is 11.1 Å². The van der Waals surface area contributed by atoms with E-state index in [9.17, 15) is 4.79 Å². The lowest BCUT2D eigenvalue weighted by Gasteiger charge is -2.25. The number of alkyl carbamates (subject to hydrolysis) is 1. The number of likely N-dealkylation sites (tertiary alicyclic amines) is 1. The van der Waals surface area contributed by atoms with Crippen molar-refractivity contribution >= 4 is 29.0 Å². The Kier molecular flexibility index (Phi) is 5.04. The molecule has 1 amide bonds. The number of hydrogen-bond donors (Lipinski definition) is 2. The van der Waals surface area contributed by atoms with Gasteiger partial charge in [-0.2, -0.15) is 0 Å². The van der Waals surface area contributed by atoms with E-state index in [4.69, 9.17) is 17.3 Å². The van der Waals surface area contributed by atoms with Crippen LogP contribution in [0.3, 0.4) is 0 Å². The molecule has 1 aliphatic rings. The van der Waals surface area contributed by atoms with E-state index in [1.807, 2.05) is 12.1 Å². The molecule has 106 valence electrons. The molecule has 2 atom stereocenters. The van der Waals surface area contributed by atoms with Crippen LogP contribution in [-0.2, 0) is 4.74 Å². The van der Waals surface area contributed by atoms with Gasteiger partial charge in [0.05, 0.1) is 17.5 Å². The second-order valence-corrected chi connectivity index (χ2v) is 6.26. The first-order chi connectivity index (χ1) is 9.13. The number of amides is 1. The smallest absolute Gasteiger partial charge is 0.407 e. The molecule has 1 aromatic heterocycles. The number of thiophene rings is 1. The highest BCUT2D eigenvalue weighted by molar-refractivity contribution is 7.16. The second kappa shape index (κ2) is 6.56. The van der Waals surface area contributed by atoms with Gasteiger partial charge in [-0.15, -0.1) is 11.3 Å². The standard InChI is InChI=1S/C12H18ClN3O2S/c1-18-12(17)15-8-4-5-16(7-8)9(6-14)10-2-3-11(13)19-10/h2-3,8-9H,4-7,14H2,1H3,(H,15,17). The molecular formula is C12H18ClN3O2S. The second-order valence-electron chi connectivity index (χ2n) is 4.51. The first kappa shape index (κ1) is 14.6. The van der Waals surface area contributed by atoms with Crippen LogP contribution in [0.15, 0.2) is 12.1 Å². The summed E-state index contributed by atoms with van der Waals surface area (Å²) in [4.78, 5) is 14.6. The minimum Gasteiger partial charge on any atom is -0.453 e. The molecule has 0 aliphatic carbocycles. The average Bonchev–Trinajstić information content (AvgIpc) is 3.01. The Morgan fingerprint density at radius 2 is 2.53 bits per heavy atom. The number of halogens is 1. The zero-order valence-corrected chi connectivity index (χ0v) is 12.3. The summed E-state index contributed by atoms with van der Waals surface area (Å²) < 4.78 is 5.39. The lowest BCUT2D eigenvalue weighted by molar-refractivity contribution is 0.165. The van der Waals surface area contributed by atoms with Crippen molar-refractivity contribution < 1.29 is 9.53 Å². The van der Waals surface area contributed by atoms with Gasteiger partial charge < -0.3 is 15.8 Å². The van der Waals surface area contributed by atoms with E-state index in [1.165, 1.54) is 12.0 Å². The van der Waals surface area contributed by atoms with E-state index in [2.05, 4.69) is 15.0 Å². The SMILES string of the molecule is COC(=O)NC1CCN(C(CN)c2ccc(Cl)s2)C1. The third-order valence-electron chi connectivity index (χ3n) is 3.31. The zero-order valence-electron chi connectivity index (χ0n) is 10.8. The lowest BCUT2D eigenvalue weighted by Crippen LogP contribution is -2.38. The van der Waals surface area contributed by atoms with Crippen molar-refractivity contribution in [2.75, 3.05) is 26.7 Å². The third-order valence-corrected chi connectivity index (χ3v) is 4.65. The van der Waals surface area contributed by atoms with Crippen LogP contribution in [0, 0.1) is 0 Å². The van der Waals surface area contributed by atoms with E-state index in [-0.39, 0.29) is 18.2 Å². The summed E-state index contributed by atoms with van der Waals surface area (Å²) in [6.45, 7) is 2.24. The number of nitrogens with two attached hydrogens (primary N) is 1. The van der Waals surface area contributed by atoms with Gasteiger partial charge in [0.2, 0.25) is 0 Å². The lowest BCUT2D eigenvalue weighted by atomic mass is 10.2. The summed E-state index contributed by atoms with van der Waals surface area (Å²) in [5, 5.41) is 2.83. The molecule has 0 saturated carbocycles. The van der Waals surface area contributed by atoms with Gasteiger partial charge in [-0.3, -0.25) is 4.90 Å². The minimum atomic E-state index is -0.379. The van der Waals surface area contributed by atoms with Gasteiger partial charge in [0.15, 0.2) is 0 Å². The van der Waals surface area contributed by atoms with E-state index >= 15 is 0 Å². The van der Waals surface area contributed by atoms with E-state index in [0.717, 1.165) is 23.8 Å². The van der Waals surface area contributed by atoms with Crippen molar-refractivity contribution in [1.82, 2.24) is 10.2 Å². The fourth-order valence-electron chi connectivity index (χ4n) is 2.37. The van der Waals surface area contributed by atoms with Gasteiger partial charge in [-0.1, -0.05) is 11.6 Å². The van der Waals surface area contributed by atoms with Gasteiger partial charge >= 0.3 is 6.09 Å². The fourth-order valence-corrected chi connectivity index (χ4v) is 3.58. The molecule has 1 saturated heterocycles. The number of carbonyl (C=O) groups is 1. The first-order valence-electron chi connectivity index (χ1n) is 6.18. The number of nitrogens with one attached hydrogen (secondary N) is 1. The fraction of sp³-hybridized carbons (Fsp3) is 0.583. The molecule has 2 rings (SSSR count). The van der Waals surface area contributed by atoms with Crippen molar-refractivity contribution in [2.24, 2.45) is 5.73 Å². The topological polar surface area (TPSA) is 67.6 Å². The van der Waals surface area contributed by atoms with Gasteiger partial charge in [-0.05, 0) is 18.6 Å². The Balaban J connectivity index is 1.96. The van der Waals surface area contributed by atoms with Crippen molar-refractivity contribution in [3.05, 3.63) is 21.3 Å². The minimum absolute atomic E-state index is 0.122. The van der Waals surface area contributed by atoms with Crippen LogP contribution in [0.5, 0.6) is 0 Å². The van der Waals surface area contributed by atoms with Crippen LogP contribution in [0.1, 0.15) is 17.3 Å². The van der Waals surface area contributed by atoms with E-state index in [1.54, 1.807) is 11.3 Å². The molecule has 2 unspecified atom stereocenters.